The van der Waals surface area contributed by atoms with Gasteiger partial charge in [0.2, 0.25) is 11.8 Å². The maximum atomic E-state index is 10.9. The molecule has 0 saturated carbocycles. The van der Waals surface area contributed by atoms with Crippen LogP contribution in [0.15, 0.2) is 0 Å². The van der Waals surface area contributed by atoms with Gasteiger partial charge in [-0.25, -0.2) is 0 Å². The van der Waals surface area contributed by atoms with Crippen LogP contribution in [0, 0.1) is 0 Å². The first-order chi connectivity index (χ1) is 5.99. The number of thiol groups is 1. The van der Waals surface area contributed by atoms with Crippen molar-refractivity contribution in [2.24, 2.45) is 5.73 Å². The summed E-state index contributed by atoms with van der Waals surface area (Å²) in [6.45, 7) is 1.34. The molecule has 0 aromatic heterocycles. The van der Waals surface area contributed by atoms with Crippen molar-refractivity contribution in [3.63, 3.8) is 0 Å². The minimum atomic E-state index is -0.687. The van der Waals surface area contributed by atoms with Crippen LogP contribution in [-0.4, -0.2) is 35.1 Å². The highest BCUT2D eigenvalue weighted by Gasteiger charge is 2.23. The standard InChI is InChI=1S/C7H14N2O2S2/c1-4(10)9-6(7(8)11)5(12)3-13-2/h5-6,12H,3H2,1-2H3,(H2,8,11)(H,9,10). The molecule has 0 rings (SSSR count). The molecule has 0 radical (unpaired) electrons. The molecule has 0 fully saturated rings. The van der Waals surface area contributed by atoms with Crippen LogP contribution < -0.4 is 11.1 Å². The van der Waals surface area contributed by atoms with E-state index in [4.69, 9.17) is 5.73 Å². The molecule has 3 N–H and O–H groups in total. The lowest BCUT2D eigenvalue weighted by atomic mass is 10.2. The van der Waals surface area contributed by atoms with Gasteiger partial charge in [-0.15, -0.1) is 0 Å². The summed E-state index contributed by atoms with van der Waals surface area (Å²) in [7, 11) is 0. The molecule has 0 aliphatic heterocycles. The third-order valence-electron chi connectivity index (χ3n) is 1.39. The Morgan fingerprint density at radius 1 is 1.62 bits per heavy atom. The van der Waals surface area contributed by atoms with Gasteiger partial charge in [0.25, 0.3) is 0 Å². The first kappa shape index (κ1) is 12.6. The van der Waals surface area contributed by atoms with Crippen molar-refractivity contribution in [1.82, 2.24) is 5.32 Å². The van der Waals surface area contributed by atoms with Gasteiger partial charge in [0, 0.05) is 17.9 Å². The summed E-state index contributed by atoms with van der Waals surface area (Å²) in [5.41, 5.74) is 5.10. The third-order valence-corrected chi connectivity index (χ3v) is 2.81. The topological polar surface area (TPSA) is 72.2 Å². The number of nitrogens with two attached hydrogens (primary N) is 1. The van der Waals surface area contributed by atoms with Crippen LogP contribution in [0.5, 0.6) is 0 Å². The fourth-order valence-electron chi connectivity index (χ4n) is 0.843. The van der Waals surface area contributed by atoms with Crippen LogP contribution in [0.4, 0.5) is 0 Å². The molecule has 0 aromatic rings. The lowest BCUT2D eigenvalue weighted by molar-refractivity contribution is -0.126. The van der Waals surface area contributed by atoms with Gasteiger partial charge in [-0.2, -0.15) is 24.4 Å². The molecule has 0 saturated heterocycles. The number of amides is 2. The van der Waals surface area contributed by atoms with Gasteiger partial charge in [-0.05, 0) is 6.26 Å². The zero-order valence-electron chi connectivity index (χ0n) is 7.61. The summed E-state index contributed by atoms with van der Waals surface area (Å²) in [6, 6.07) is -0.687. The molecule has 0 aromatic carbocycles. The first-order valence-corrected chi connectivity index (χ1v) is 5.63. The Labute approximate surface area is 87.4 Å². The Bertz CT molecular complexity index is 199. The zero-order valence-corrected chi connectivity index (χ0v) is 9.32. The summed E-state index contributed by atoms with van der Waals surface area (Å²) >= 11 is 5.73. The second-order valence-corrected chi connectivity index (χ2v) is 4.18. The van der Waals surface area contributed by atoms with Crippen LogP contribution >= 0.6 is 24.4 Å². The highest BCUT2D eigenvalue weighted by Crippen LogP contribution is 2.08. The maximum absolute atomic E-state index is 10.9. The van der Waals surface area contributed by atoms with Gasteiger partial charge in [0.15, 0.2) is 0 Å². The number of hydrogen-bond donors (Lipinski definition) is 3. The van der Waals surface area contributed by atoms with Crippen molar-refractivity contribution in [2.45, 2.75) is 18.2 Å². The first-order valence-electron chi connectivity index (χ1n) is 3.72. The lowest BCUT2D eigenvalue weighted by Crippen LogP contribution is -2.50. The minimum Gasteiger partial charge on any atom is -0.368 e. The van der Waals surface area contributed by atoms with E-state index in [0.717, 1.165) is 0 Å². The number of nitrogens with one attached hydrogen (secondary N) is 1. The molecule has 0 heterocycles. The Kier molecular flexibility index (Phi) is 5.98. The zero-order chi connectivity index (χ0) is 10.4. The number of thioether (sulfide) groups is 1. The van der Waals surface area contributed by atoms with E-state index >= 15 is 0 Å². The molecule has 6 heteroatoms. The van der Waals surface area contributed by atoms with Crippen molar-refractivity contribution in [1.29, 1.82) is 0 Å². The normalized spacial score (nSPS) is 14.7. The predicted octanol–water partition coefficient (Wildman–Crippen LogP) is -0.362. The average molecular weight is 222 g/mol. The van der Waals surface area contributed by atoms with Gasteiger partial charge >= 0.3 is 0 Å². The molecule has 0 aliphatic rings. The third kappa shape index (κ3) is 5.05. The van der Waals surface area contributed by atoms with E-state index in [0.29, 0.717) is 5.75 Å². The molecule has 13 heavy (non-hydrogen) atoms. The molecule has 0 aliphatic carbocycles. The molecular weight excluding hydrogens is 208 g/mol. The van der Waals surface area contributed by atoms with Crippen LogP contribution in [0.25, 0.3) is 0 Å². The number of carbonyl (C=O) groups is 2. The smallest absolute Gasteiger partial charge is 0.241 e. The van der Waals surface area contributed by atoms with E-state index in [1.165, 1.54) is 6.92 Å². The molecule has 0 bridgehead atoms. The number of rotatable bonds is 5. The van der Waals surface area contributed by atoms with E-state index in [9.17, 15) is 9.59 Å². The summed E-state index contributed by atoms with van der Waals surface area (Å²) < 4.78 is 0. The molecule has 2 amide bonds. The minimum absolute atomic E-state index is 0.239. The van der Waals surface area contributed by atoms with Crippen LogP contribution in [0.3, 0.4) is 0 Å². The van der Waals surface area contributed by atoms with Gasteiger partial charge in [-0.1, -0.05) is 0 Å². The van der Waals surface area contributed by atoms with E-state index < -0.39 is 11.9 Å². The largest absolute Gasteiger partial charge is 0.368 e. The van der Waals surface area contributed by atoms with Crippen molar-refractivity contribution in [2.75, 3.05) is 12.0 Å². The second-order valence-electron chi connectivity index (χ2n) is 2.60. The van der Waals surface area contributed by atoms with Gasteiger partial charge in [-0.3, -0.25) is 9.59 Å². The molecule has 76 valence electrons. The van der Waals surface area contributed by atoms with E-state index in [1.54, 1.807) is 11.8 Å². The van der Waals surface area contributed by atoms with Crippen molar-refractivity contribution in [3.8, 4) is 0 Å². The molecule has 2 atom stereocenters. The maximum Gasteiger partial charge on any atom is 0.241 e. The van der Waals surface area contributed by atoms with Gasteiger partial charge < -0.3 is 11.1 Å². The highest BCUT2D eigenvalue weighted by atomic mass is 32.2. The van der Waals surface area contributed by atoms with Crippen LogP contribution in [0.2, 0.25) is 0 Å². The monoisotopic (exact) mass is 222 g/mol. The van der Waals surface area contributed by atoms with Crippen molar-refractivity contribution < 1.29 is 9.59 Å². The van der Waals surface area contributed by atoms with E-state index in [2.05, 4.69) is 17.9 Å². The number of hydrogen-bond acceptors (Lipinski definition) is 4. The van der Waals surface area contributed by atoms with Gasteiger partial charge in [0.1, 0.15) is 6.04 Å². The second kappa shape index (κ2) is 6.15. The molecule has 2 unspecified atom stereocenters. The van der Waals surface area contributed by atoms with Crippen LogP contribution in [0.1, 0.15) is 6.92 Å². The van der Waals surface area contributed by atoms with E-state index in [1.807, 2.05) is 6.26 Å². The Hall–Kier alpha value is -0.360. The molecule has 0 spiro atoms. The Morgan fingerprint density at radius 3 is 2.46 bits per heavy atom. The highest BCUT2D eigenvalue weighted by molar-refractivity contribution is 7.99. The quantitative estimate of drug-likeness (QED) is 0.556. The Morgan fingerprint density at radius 2 is 2.15 bits per heavy atom. The number of carbonyl (C=O) groups excluding carboxylic acids is 2. The molecular formula is C7H14N2O2S2. The SMILES string of the molecule is CSCC(S)C(NC(C)=O)C(N)=O. The fraction of sp³-hybridized carbons (Fsp3) is 0.714. The van der Waals surface area contributed by atoms with Crippen molar-refractivity contribution >= 4 is 36.2 Å². The summed E-state index contributed by atoms with van der Waals surface area (Å²) in [5.74, 6) is -0.162. The van der Waals surface area contributed by atoms with Gasteiger partial charge in [0.05, 0.1) is 0 Å². The predicted molar refractivity (Wildman–Crippen MR) is 58.0 cm³/mol. The number of primary amides is 1. The lowest BCUT2D eigenvalue weighted by Gasteiger charge is -2.19. The average Bonchev–Trinajstić information content (AvgIpc) is 1.99. The molecule has 4 nitrogen and oxygen atoms in total. The summed E-state index contributed by atoms with van der Waals surface area (Å²) in [6.07, 6.45) is 1.90. The Balaban J connectivity index is 4.23. The van der Waals surface area contributed by atoms with Crippen LogP contribution in [-0.2, 0) is 9.59 Å². The van der Waals surface area contributed by atoms with Crippen molar-refractivity contribution in [3.05, 3.63) is 0 Å². The fourth-order valence-corrected chi connectivity index (χ4v) is 2.05. The van der Waals surface area contributed by atoms with E-state index in [-0.39, 0.29) is 11.2 Å². The summed E-state index contributed by atoms with van der Waals surface area (Å²) in [5, 5.41) is 2.22. The summed E-state index contributed by atoms with van der Waals surface area (Å²) in [4.78, 5) is 21.6.